The van der Waals surface area contributed by atoms with Crippen LogP contribution < -0.4 is 0 Å². The van der Waals surface area contributed by atoms with Crippen LogP contribution in [0.5, 0.6) is 0 Å². The predicted molar refractivity (Wildman–Crippen MR) is 64.2 cm³/mol. The number of amidine groups is 1. The summed E-state index contributed by atoms with van der Waals surface area (Å²) in [6.07, 6.45) is 0.823. The molecule has 1 rings (SSSR count). The van der Waals surface area contributed by atoms with E-state index in [0.717, 1.165) is 17.9 Å². The molecule has 0 heterocycles. The Hall–Kier alpha value is -1.91. The Kier molecular flexibility index (Phi) is 3.99. The van der Waals surface area contributed by atoms with Gasteiger partial charge in [0.05, 0.1) is 10.6 Å². The zero-order chi connectivity index (χ0) is 12.1. The standard InChI is InChI=1S/C11H15N3O2/c1-4-11(13(2)3)12-9-5-7-10(8-6-9)14(15)16/h5-8H,4H2,1-3H3. The summed E-state index contributed by atoms with van der Waals surface area (Å²) in [5, 5.41) is 10.5. The Morgan fingerprint density at radius 1 is 1.38 bits per heavy atom. The van der Waals surface area contributed by atoms with Gasteiger partial charge in [0.15, 0.2) is 0 Å². The molecule has 0 aliphatic heterocycles. The molecule has 86 valence electrons. The number of benzene rings is 1. The van der Waals surface area contributed by atoms with Crippen molar-refractivity contribution in [3.63, 3.8) is 0 Å². The lowest BCUT2D eigenvalue weighted by molar-refractivity contribution is -0.384. The van der Waals surface area contributed by atoms with E-state index in [2.05, 4.69) is 4.99 Å². The van der Waals surface area contributed by atoms with E-state index >= 15 is 0 Å². The van der Waals surface area contributed by atoms with Crippen molar-refractivity contribution < 1.29 is 4.92 Å². The predicted octanol–water partition coefficient (Wildman–Crippen LogP) is 2.60. The molecule has 0 atom stereocenters. The third-order valence-electron chi connectivity index (χ3n) is 2.15. The molecule has 0 radical (unpaired) electrons. The van der Waals surface area contributed by atoms with Gasteiger partial charge in [-0.05, 0) is 12.1 Å². The van der Waals surface area contributed by atoms with Gasteiger partial charge in [0.25, 0.3) is 5.69 Å². The van der Waals surface area contributed by atoms with Crippen molar-refractivity contribution >= 4 is 17.2 Å². The van der Waals surface area contributed by atoms with Gasteiger partial charge in [-0.15, -0.1) is 0 Å². The fourth-order valence-corrected chi connectivity index (χ4v) is 1.29. The maximum Gasteiger partial charge on any atom is 0.269 e. The summed E-state index contributed by atoms with van der Waals surface area (Å²) in [6, 6.07) is 6.22. The highest BCUT2D eigenvalue weighted by atomic mass is 16.6. The van der Waals surface area contributed by atoms with Gasteiger partial charge in [-0.25, -0.2) is 4.99 Å². The Bertz CT molecular complexity index is 396. The van der Waals surface area contributed by atoms with Crippen molar-refractivity contribution in [1.29, 1.82) is 0 Å². The number of non-ortho nitro benzene ring substituents is 1. The van der Waals surface area contributed by atoms with E-state index < -0.39 is 4.92 Å². The van der Waals surface area contributed by atoms with Gasteiger partial charge >= 0.3 is 0 Å². The lowest BCUT2D eigenvalue weighted by Crippen LogP contribution is -2.20. The van der Waals surface area contributed by atoms with E-state index in [1.54, 1.807) is 12.1 Å². The molecule has 0 fully saturated rings. The minimum absolute atomic E-state index is 0.0850. The molecule has 16 heavy (non-hydrogen) atoms. The molecule has 0 aliphatic rings. The highest BCUT2D eigenvalue weighted by molar-refractivity contribution is 5.84. The van der Waals surface area contributed by atoms with Crippen molar-refractivity contribution in [2.24, 2.45) is 4.99 Å². The molecule has 0 saturated heterocycles. The summed E-state index contributed by atoms with van der Waals surface area (Å²) in [6.45, 7) is 2.02. The molecule has 0 saturated carbocycles. The van der Waals surface area contributed by atoms with Crippen LogP contribution in [0.4, 0.5) is 11.4 Å². The average Bonchev–Trinajstić information content (AvgIpc) is 2.26. The van der Waals surface area contributed by atoms with Crippen LogP contribution in [-0.4, -0.2) is 29.8 Å². The smallest absolute Gasteiger partial charge is 0.269 e. The highest BCUT2D eigenvalue weighted by Gasteiger charge is 2.04. The second kappa shape index (κ2) is 5.25. The quantitative estimate of drug-likeness (QED) is 0.341. The first kappa shape index (κ1) is 12.2. The van der Waals surface area contributed by atoms with Crippen LogP contribution in [-0.2, 0) is 0 Å². The van der Waals surface area contributed by atoms with Gasteiger partial charge in [-0.3, -0.25) is 10.1 Å². The average molecular weight is 221 g/mol. The number of rotatable bonds is 3. The van der Waals surface area contributed by atoms with Gasteiger partial charge in [0.2, 0.25) is 0 Å². The van der Waals surface area contributed by atoms with Crippen LogP contribution in [0.2, 0.25) is 0 Å². The summed E-state index contributed by atoms with van der Waals surface area (Å²) in [5.74, 6) is 0.939. The molecule has 0 aromatic heterocycles. The maximum atomic E-state index is 10.5. The van der Waals surface area contributed by atoms with Gasteiger partial charge < -0.3 is 4.90 Å². The van der Waals surface area contributed by atoms with E-state index in [1.165, 1.54) is 12.1 Å². The van der Waals surface area contributed by atoms with Crippen LogP contribution in [0, 0.1) is 10.1 Å². The first-order valence-corrected chi connectivity index (χ1v) is 5.04. The third-order valence-corrected chi connectivity index (χ3v) is 2.15. The highest BCUT2D eigenvalue weighted by Crippen LogP contribution is 2.18. The zero-order valence-electron chi connectivity index (χ0n) is 9.67. The van der Waals surface area contributed by atoms with Crippen molar-refractivity contribution in [2.45, 2.75) is 13.3 Å². The number of nitro groups is 1. The van der Waals surface area contributed by atoms with Crippen molar-refractivity contribution in [2.75, 3.05) is 14.1 Å². The molecular weight excluding hydrogens is 206 g/mol. The van der Waals surface area contributed by atoms with Crippen LogP contribution in [0.15, 0.2) is 29.3 Å². The van der Waals surface area contributed by atoms with Gasteiger partial charge in [-0.2, -0.15) is 0 Å². The van der Waals surface area contributed by atoms with E-state index in [4.69, 9.17) is 0 Å². The summed E-state index contributed by atoms with van der Waals surface area (Å²) >= 11 is 0. The van der Waals surface area contributed by atoms with Gasteiger partial charge in [0, 0.05) is 32.6 Å². The molecule has 0 aliphatic carbocycles. The molecule has 0 amide bonds. The molecule has 5 nitrogen and oxygen atoms in total. The minimum atomic E-state index is -0.416. The fourth-order valence-electron chi connectivity index (χ4n) is 1.29. The Balaban J connectivity index is 2.94. The van der Waals surface area contributed by atoms with Crippen LogP contribution >= 0.6 is 0 Å². The Labute approximate surface area is 94.6 Å². The van der Waals surface area contributed by atoms with E-state index in [1.807, 2.05) is 25.9 Å². The molecule has 0 spiro atoms. The second-order valence-electron chi connectivity index (χ2n) is 3.55. The van der Waals surface area contributed by atoms with Crippen molar-refractivity contribution in [1.82, 2.24) is 4.90 Å². The monoisotopic (exact) mass is 221 g/mol. The normalized spacial score (nSPS) is 11.3. The molecule has 1 aromatic carbocycles. The molecular formula is C11H15N3O2. The Morgan fingerprint density at radius 2 is 1.94 bits per heavy atom. The largest absolute Gasteiger partial charge is 0.366 e. The van der Waals surface area contributed by atoms with E-state index in [0.29, 0.717) is 0 Å². The summed E-state index contributed by atoms with van der Waals surface area (Å²) < 4.78 is 0. The number of aliphatic imine (C=N–C) groups is 1. The SMILES string of the molecule is CCC(=Nc1ccc([N+](=O)[O-])cc1)N(C)C. The molecule has 0 bridgehead atoms. The maximum absolute atomic E-state index is 10.5. The van der Waals surface area contributed by atoms with Gasteiger partial charge in [0.1, 0.15) is 5.84 Å². The zero-order valence-corrected chi connectivity index (χ0v) is 9.67. The number of hydrogen-bond acceptors (Lipinski definition) is 3. The number of hydrogen-bond donors (Lipinski definition) is 0. The summed E-state index contributed by atoms with van der Waals surface area (Å²) in [5.41, 5.74) is 0.818. The van der Waals surface area contributed by atoms with Crippen molar-refractivity contribution in [3.05, 3.63) is 34.4 Å². The fraction of sp³-hybridized carbons (Fsp3) is 0.364. The number of nitrogens with zero attached hydrogens (tertiary/aromatic N) is 3. The third kappa shape index (κ3) is 3.05. The lowest BCUT2D eigenvalue weighted by atomic mass is 10.3. The topological polar surface area (TPSA) is 58.7 Å². The first-order valence-electron chi connectivity index (χ1n) is 5.04. The Morgan fingerprint density at radius 3 is 2.31 bits per heavy atom. The number of nitro benzene ring substituents is 1. The van der Waals surface area contributed by atoms with Crippen LogP contribution in [0.3, 0.4) is 0 Å². The summed E-state index contributed by atoms with van der Waals surface area (Å²) in [7, 11) is 3.85. The van der Waals surface area contributed by atoms with E-state index in [9.17, 15) is 10.1 Å². The van der Waals surface area contributed by atoms with Crippen LogP contribution in [0.1, 0.15) is 13.3 Å². The van der Waals surface area contributed by atoms with Crippen molar-refractivity contribution in [3.8, 4) is 0 Å². The summed E-state index contributed by atoms with van der Waals surface area (Å²) in [4.78, 5) is 16.4. The second-order valence-corrected chi connectivity index (χ2v) is 3.55. The lowest BCUT2D eigenvalue weighted by Gasteiger charge is -2.13. The molecule has 5 heteroatoms. The molecule has 0 N–H and O–H groups in total. The minimum Gasteiger partial charge on any atom is -0.366 e. The first-order chi connectivity index (χ1) is 7.54. The van der Waals surface area contributed by atoms with Gasteiger partial charge in [-0.1, -0.05) is 6.92 Å². The molecule has 0 unspecified atom stereocenters. The van der Waals surface area contributed by atoms with E-state index in [-0.39, 0.29) is 5.69 Å². The molecule has 1 aromatic rings. The van der Waals surface area contributed by atoms with Crippen LogP contribution in [0.25, 0.3) is 0 Å².